The quantitative estimate of drug-likeness (QED) is 0.801. The summed E-state index contributed by atoms with van der Waals surface area (Å²) in [6, 6.07) is 10.2. The predicted molar refractivity (Wildman–Crippen MR) is 101 cm³/mol. The molecule has 3 rings (SSSR count). The van der Waals surface area contributed by atoms with E-state index in [1.54, 1.807) is 12.1 Å². The van der Waals surface area contributed by atoms with Crippen molar-refractivity contribution in [2.45, 2.75) is 46.6 Å². The van der Waals surface area contributed by atoms with Crippen LogP contribution < -0.4 is 0 Å². The van der Waals surface area contributed by atoms with Gasteiger partial charge in [0.05, 0.1) is 5.54 Å². The Morgan fingerprint density at radius 3 is 2.20 bits per heavy atom. The van der Waals surface area contributed by atoms with Crippen molar-refractivity contribution in [1.82, 2.24) is 0 Å². The monoisotopic (exact) mass is 339 g/mol. The second kappa shape index (κ2) is 7.09. The summed E-state index contributed by atoms with van der Waals surface area (Å²) in [6.07, 6.45) is 1.06. The fraction of sp³-hybridized carbons (Fsp3) is 0.333. The molecule has 4 nitrogen and oxygen atoms in total. The van der Waals surface area contributed by atoms with Crippen LogP contribution in [0.5, 0.6) is 5.75 Å². The SMILES string of the molecule is CC1=NC(C)(C)Cc2c(C)ccc(C)c21.O=C(O)c1ccccc1O. The zero-order valence-corrected chi connectivity index (χ0v) is 15.4. The smallest absolute Gasteiger partial charge is 0.339 e. The zero-order chi connectivity index (χ0) is 18.8. The molecular formula is C21H25NO3. The molecule has 0 fully saturated rings. The second-order valence-corrected chi connectivity index (χ2v) is 7.06. The van der Waals surface area contributed by atoms with Crippen molar-refractivity contribution in [1.29, 1.82) is 0 Å². The van der Waals surface area contributed by atoms with Crippen LogP contribution in [-0.4, -0.2) is 27.4 Å². The first kappa shape index (κ1) is 18.7. The molecule has 1 aliphatic heterocycles. The lowest BCUT2D eigenvalue weighted by Crippen LogP contribution is -2.29. The Hall–Kier alpha value is -2.62. The summed E-state index contributed by atoms with van der Waals surface area (Å²) in [4.78, 5) is 15.0. The molecule has 0 bridgehead atoms. The number of carbonyl (C=O) groups is 1. The van der Waals surface area contributed by atoms with Crippen molar-refractivity contribution in [2.75, 3.05) is 0 Å². The number of phenols is 1. The molecule has 0 aromatic heterocycles. The molecule has 4 heteroatoms. The first-order valence-electron chi connectivity index (χ1n) is 8.29. The van der Waals surface area contributed by atoms with Crippen molar-refractivity contribution in [3.63, 3.8) is 0 Å². The summed E-state index contributed by atoms with van der Waals surface area (Å²) in [6.45, 7) is 10.9. The first-order chi connectivity index (χ1) is 11.6. The Morgan fingerprint density at radius 2 is 1.64 bits per heavy atom. The number of nitrogens with zero attached hydrogens (tertiary/aromatic N) is 1. The number of carboxylic acid groups (broad SMARTS) is 1. The molecule has 0 aliphatic carbocycles. The van der Waals surface area contributed by atoms with Crippen molar-refractivity contribution in [3.8, 4) is 5.75 Å². The Kier molecular flexibility index (Phi) is 5.31. The van der Waals surface area contributed by atoms with Gasteiger partial charge >= 0.3 is 5.97 Å². The molecule has 1 heterocycles. The van der Waals surface area contributed by atoms with Gasteiger partial charge in [-0.2, -0.15) is 0 Å². The number of hydrogen-bond donors (Lipinski definition) is 2. The minimum absolute atomic E-state index is 0.0651. The average molecular weight is 339 g/mol. The summed E-state index contributed by atoms with van der Waals surface area (Å²) in [5.74, 6) is -1.31. The van der Waals surface area contributed by atoms with E-state index >= 15 is 0 Å². The van der Waals surface area contributed by atoms with E-state index in [1.165, 1.54) is 40.1 Å². The number of fused-ring (bicyclic) bond motifs is 1. The van der Waals surface area contributed by atoms with Gasteiger partial charge in [0.25, 0.3) is 0 Å². The number of carboxylic acids is 1. The molecule has 25 heavy (non-hydrogen) atoms. The maximum absolute atomic E-state index is 10.3. The highest BCUT2D eigenvalue weighted by Gasteiger charge is 2.26. The maximum atomic E-state index is 10.3. The van der Waals surface area contributed by atoms with Gasteiger partial charge in [-0.25, -0.2) is 4.79 Å². The summed E-state index contributed by atoms with van der Waals surface area (Å²) in [7, 11) is 0. The van der Waals surface area contributed by atoms with Gasteiger partial charge in [0, 0.05) is 11.3 Å². The average Bonchev–Trinajstić information content (AvgIpc) is 2.50. The minimum Gasteiger partial charge on any atom is -0.507 e. The van der Waals surface area contributed by atoms with Crippen LogP contribution in [0.4, 0.5) is 0 Å². The Morgan fingerprint density at radius 1 is 1.04 bits per heavy atom. The third-order valence-electron chi connectivity index (χ3n) is 4.33. The van der Waals surface area contributed by atoms with E-state index < -0.39 is 5.97 Å². The summed E-state index contributed by atoms with van der Waals surface area (Å²) >= 11 is 0. The van der Waals surface area contributed by atoms with Gasteiger partial charge in [0.15, 0.2) is 0 Å². The number of para-hydroxylation sites is 1. The highest BCUT2D eigenvalue weighted by atomic mass is 16.4. The molecule has 0 saturated heterocycles. The number of aryl methyl sites for hydroxylation is 2. The number of hydrogen-bond acceptors (Lipinski definition) is 3. The molecule has 132 valence electrons. The van der Waals surface area contributed by atoms with E-state index in [-0.39, 0.29) is 16.9 Å². The van der Waals surface area contributed by atoms with Gasteiger partial charge in [-0.3, -0.25) is 4.99 Å². The van der Waals surface area contributed by atoms with Crippen LogP contribution in [0.1, 0.15) is 53.4 Å². The number of benzene rings is 2. The van der Waals surface area contributed by atoms with Crippen LogP contribution in [0.25, 0.3) is 0 Å². The van der Waals surface area contributed by atoms with Gasteiger partial charge in [0.1, 0.15) is 11.3 Å². The fourth-order valence-electron chi connectivity index (χ4n) is 3.24. The predicted octanol–water partition coefficient (Wildman–Crippen LogP) is 4.54. The summed E-state index contributed by atoms with van der Waals surface area (Å²) in [5, 5.41) is 17.3. The van der Waals surface area contributed by atoms with Gasteiger partial charge in [-0.15, -0.1) is 0 Å². The van der Waals surface area contributed by atoms with Crippen LogP contribution in [0, 0.1) is 13.8 Å². The van der Waals surface area contributed by atoms with Gasteiger partial charge in [-0.1, -0.05) is 24.3 Å². The maximum Gasteiger partial charge on any atom is 0.339 e. The lowest BCUT2D eigenvalue weighted by Gasteiger charge is -2.30. The van der Waals surface area contributed by atoms with Gasteiger partial charge in [-0.05, 0) is 69.9 Å². The standard InChI is InChI=1S/C14H19N.C7H6O3/c1-9-6-7-10(2)13-11(3)15-14(4,5)8-12(9)13;8-6-4-2-1-3-5(6)7(9)10/h6-7H,8H2,1-5H3;1-4,8H,(H,9,10). The molecule has 1 aliphatic rings. The number of aliphatic imine (C=N–C) groups is 1. The highest BCUT2D eigenvalue weighted by Crippen LogP contribution is 2.30. The summed E-state index contributed by atoms with van der Waals surface area (Å²) in [5.41, 5.74) is 6.83. The Bertz CT molecular complexity index is 835. The van der Waals surface area contributed by atoms with Crippen LogP contribution in [0.2, 0.25) is 0 Å². The largest absolute Gasteiger partial charge is 0.507 e. The van der Waals surface area contributed by atoms with E-state index in [1.807, 2.05) is 0 Å². The second-order valence-electron chi connectivity index (χ2n) is 7.06. The molecule has 2 aromatic rings. The third-order valence-corrected chi connectivity index (χ3v) is 4.33. The highest BCUT2D eigenvalue weighted by molar-refractivity contribution is 6.02. The number of aromatic carboxylic acids is 1. The molecule has 2 N–H and O–H groups in total. The lowest BCUT2D eigenvalue weighted by atomic mass is 9.83. The van der Waals surface area contributed by atoms with E-state index in [9.17, 15) is 4.79 Å². The van der Waals surface area contributed by atoms with Gasteiger partial charge in [0.2, 0.25) is 0 Å². The molecule has 0 saturated carbocycles. The van der Waals surface area contributed by atoms with E-state index in [2.05, 4.69) is 46.8 Å². The molecule has 0 spiro atoms. The third kappa shape index (κ3) is 4.27. The minimum atomic E-state index is -1.11. The first-order valence-corrected chi connectivity index (χ1v) is 8.29. The topological polar surface area (TPSA) is 69.9 Å². The van der Waals surface area contributed by atoms with Crippen molar-refractivity contribution in [2.24, 2.45) is 4.99 Å². The molecule has 2 aromatic carbocycles. The van der Waals surface area contributed by atoms with Crippen molar-refractivity contribution < 1.29 is 15.0 Å². The molecular weight excluding hydrogens is 314 g/mol. The van der Waals surface area contributed by atoms with Crippen LogP contribution in [0.3, 0.4) is 0 Å². The molecule has 0 radical (unpaired) electrons. The van der Waals surface area contributed by atoms with Crippen molar-refractivity contribution in [3.05, 3.63) is 64.2 Å². The normalized spacial score (nSPS) is 14.7. The number of rotatable bonds is 1. The van der Waals surface area contributed by atoms with E-state index in [0.717, 1.165) is 6.42 Å². The van der Waals surface area contributed by atoms with Crippen LogP contribution in [-0.2, 0) is 6.42 Å². The molecule has 0 unspecified atom stereocenters. The summed E-state index contributed by atoms with van der Waals surface area (Å²) < 4.78 is 0. The Labute approximate surface area is 148 Å². The zero-order valence-electron chi connectivity index (χ0n) is 15.4. The Balaban J connectivity index is 0.000000196. The lowest BCUT2D eigenvalue weighted by molar-refractivity contribution is 0.0693. The van der Waals surface area contributed by atoms with Crippen LogP contribution >= 0.6 is 0 Å². The van der Waals surface area contributed by atoms with E-state index in [4.69, 9.17) is 15.2 Å². The molecule has 0 amide bonds. The van der Waals surface area contributed by atoms with Crippen LogP contribution in [0.15, 0.2) is 41.4 Å². The molecule has 0 atom stereocenters. The number of aromatic hydroxyl groups is 1. The van der Waals surface area contributed by atoms with E-state index in [0.29, 0.717) is 0 Å². The fourth-order valence-corrected chi connectivity index (χ4v) is 3.24. The van der Waals surface area contributed by atoms with Crippen molar-refractivity contribution >= 4 is 11.7 Å². The van der Waals surface area contributed by atoms with Gasteiger partial charge < -0.3 is 10.2 Å².